The Morgan fingerprint density at radius 1 is 1.28 bits per heavy atom. The van der Waals surface area contributed by atoms with E-state index in [2.05, 4.69) is 17.6 Å². The summed E-state index contributed by atoms with van der Waals surface area (Å²) in [6.07, 6.45) is 3.90. The average molecular weight is 246 g/mol. The van der Waals surface area contributed by atoms with Crippen molar-refractivity contribution in [1.82, 2.24) is 10.6 Å². The number of amides is 1. The number of benzene rings is 1. The molecule has 0 heterocycles. The van der Waals surface area contributed by atoms with Crippen LogP contribution in [0.1, 0.15) is 31.7 Å². The first-order valence-electron chi connectivity index (χ1n) is 6.69. The van der Waals surface area contributed by atoms with E-state index in [9.17, 15) is 4.79 Å². The zero-order valence-electron chi connectivity index (χ0n) is 11.0. The Morgan fingerprint density at radius 3 is 2.61 bits per heavy atom. The van der Waals surface area contributed by atoms with Crippen LogP contribution in [0.15, 0.2) is 30.3 Å². The van der Waals surface area contributed by atoms with E-state index in [4.69, 9.17) is 0 Å². The minimum atomic E-state index is 0.0711. The predicted octanol–water partition coefficient (Wildman–Crippen LogP) is 2.08. The summed E-state index contributed by atoms with van der Waals surface area (Å²) in [4.78, 5) is 11.6. The molecule has 1 aliphatic carbocycles. The van der Waals surface area contributed by atoms with Crippen molar-refractivity contribution in [3.05, 3.63) is 35.9 Å². The maximum Gasteiger partial charge on any atom is 0.234 e. The Labute approximate surface area is 109 Å². The standard InChI is InChI=1S/C15H22N2O/c1-15(8-5-9-15)12-16-11-14(18)17-10-13-6-3-2-4-7-13/h2-4,6-7,16H,5,8-12H2,1H3,(H,17,18). The number of rotatable bonds is 6. The molecule has 0 atom stereocenters. The zero-order chi connectivity index (χ0) is 12.8. The Bertz CT molecular complexity index is 385. The van der Waals surface area contributed by atoms with Crippen LogP contribution >= 0.6 is 0 Å². The molecule has 1 fully saturated rings. The van der Waals surface area contributed by atoms with Crippen LogP contribution in [0.2, 0.25) is 0 Å². The van der Waals surface area contributed by atoms with Gasteiger partial charge in [-0.1, -0.05) is 43.7 Å². The van der Waals surface area contributed by atoms with E-state index in [0.717, 1.165) is 12.1 Å². The first kappa shape index (κ1) is 13.1. The number of hydrogen-bond donors (Lipinski definition) is 2. The van der Waals surface area contributed by atoms with Gasteiger partial charge in [0.15, 0.2) is 0 Å². The lowest BCUT2D eigenvalue weighted by Crippen LogP contribution is -2.41. The third kappa shape index (κ3) is 3.84. The van der Waals surface area contributed by atoms with Gasteiger partial charge in [-0.25, -0.2) is 0 Å². The molecule has 0 spiro atoms. The molecule has 0 aliphatic heterocycles. The molecule has 0 saturated heterocycles. The molecular weight excluding hydrogens is 224 g/mol. The smallest absolute Gasteiger partial charge is 0.234 e. The van der Waals surface area contributed by atoms with E-state index < -0.39 is 0 Å². The third-order valence-corrected chi connectivity index (χ3v) is 3.73. The van der Waals surface area contributed by atoms with Gasteiger partial charge in [0.25, 0.3) is 0 Å². The molecular formula is C15H22N2O. The Hall–Kier alpha value is -1.35. The summed E-state index contributed by atoms with van der Waals surface area (Å²) in [5, 5.41) is 6.17. The van der Waals surface area contributed by atoms with Crippen molar-refractivity contribution in [2.24, 2.45) is 5.41 Å². The van der Waals surface area contributed by atoms with Crippen molar-refractivity contribution in [3.8, 4) is 0 Å². The van der Waals surface area contributed by atoms with E-state index in [1.165, 1.54) is 19.3 Å². The van der Waals surface area contributed by atoms with Gasteiger partial charge in [-0.3, -0.25) is 4.79 Å². The number of carbonyl (C=O) groups excluding carboxylic acids is 1. The van der Waals surface area contributed by atoms with Gasteiger partial charge in [0.2, 0.25) is 5.91 Å². The van der Waals surface area contributed by atoms with Gasteiger partial charge >= 0.3 is 0 Å². The van der Waals surface area contributed by atoms with Gasteiger partial charge in [0.1, 0.15) is 0 Å². The molecule has 0 radical (unpaired) electrons. The molecule has 3 nitrogen and oxygen atoms in total. The van der Waals surface area contributed by atoms with E-state index in [-0.39, 0.29) is 5.91 Å². The highest BCUT2D eigenvalue weighted by Crippen LogP contribution is 2.39. The van der Waals surface area contributed by atoms with E-state index >= 15 is 0 Å². The lowest BCUT2D eigenvalue weighted by molar-refractivity contribution is -0.120. The van der Waals surface area contributed by atoms with Crippen LogP contribution in [-0.4, -0.2) is 19.0 Å². The molecule has 1 aromatic carbocycles. The highest BCUT2D eigenvalue weighted by Gasteiger charge is 2.30. The quantitative estimate of drug-likeness (QED) is 0.807. The van der Waals surface area contributed by atoms with Gasteiger partial charge < -0.3 is 10.6 Å². The lowest BCUT2D eigenvalue weighted by atomic mass is 9.70. The summed E-state index contributed by atoms with van der Waals surface area (Å²) in [6.45, 7) is 4.26. The summed E-state index contributed by atoms with van der Waals surface area (Å²) in [7, 11) is 0. The number of hydrogen-bond acceptors (Lipinski definition) is 2. The molecule has 1 saturated carbocycles. The highest BCUT2D eigenvalue weighted by atomic mass is 16.1. The summed E-state index contributed by atoms with van der Waals surface area (Å²) in [5.74, 6) is 0.0711. The second-order valence-corrected chi connectivity index (χ2v) is 5.53. The van der Waals surface area contributed by atoms with Crippen molar-refractivity contribution < 1.29 is 4.79 Å². The molecule has 2 N–H and O–H groups in total. The first-order chi connectivity index (χ1) is 8.68. The zero-order valence-corrected chi connectivity index (χ0v) is 11.0. The minimum absolute atomic E-state index is 0.0711. The van der Waals surface area contributed by atoms with Gasteiger partial charge in [-0.2, -0.15) is 0 Å². The van der Waals surface area contributed by atoms with Gasteiger partial charge in [0.05, 0.1) is 6.54 Å². The Morgan fingerprint density at radius 2 is 2.00 bits per heavy atom. The lowest BCUT2D eigenvalue weighted by Gasteiger charge is -2.38. The fraction of sp³-hybridized carbons (Fsp3) is 0.533. The van der Waals surface area contributed by atoms with Crippen LogP contribution < -0.4 is 10.6 Å². The Kier molecular flexibility index (Phi) is 4.37. The summed E-state index contributed by atoms with van der Waals surface area (Å²) >= 11 is 0. The van der Waals surface area contributed by atoms with Crippen molar-refractivity contribution in [2.75, 3.05) is 13.1 Å². The first-order valence-corrected chi connectivity index (χ1v) is 6.69. The third-order valence-electron chi connectivity index (χ3n) is 3.73. The average Bonchev–Trinajstić information content (AvgIpc) is 2.35. The highest BCUT2D eigenvalue weighted by molar-refractivity contribution is 5.77. The fourth-order valence-corrected chi connectivity index (χ4v) is 2.29. The molecule has 3 heteroatoms. The van der Waals surface area contributed by atoms with Gasteiger partial charge in [-0.15, -0.1) is 0 Å². The molecule has 1 aromatic rings. The molecule has 0 bridgehead atoms. The van der Waals surface area contributed by atoms with Gasteiger partial charge in [0, 0.05) is 13.1 Å². The monoisotopic (exact) mass is 246 g/mol. The fourth-order valence-electron chi connectivity index (χ4n) is 2.29. The van der Waals surface area contributed by atoms with Crippen LogP contribution in [0.25, 0.3) is 0 Å². The van der Waals surface area contributed by atoms with Crippen molar-refractivity contribution in [3.63, 3.8) is 0 Å². The summed E-state index contributed by atoms with van der Waals surface area (Å²) < 4.78 is 0. The van der Waals surface area contributed by atoms with Crippen LogP contribution in [0.4, 0.5) is 0 Å². The molecule has 98 valence electrons. The Balaban J connectivity index is 1.60. The molecule has 0 aromatic heterocycles. The van der Waals surface area contributed by atoms with E-state index in [1.807, 2.05) is 30.3 Å². The van der Waals surface area contributed by atoms with Crippen LogP contribution in [0.3, 0.4) is 0 Å². The van der Waals surface area contributed by atoms with Gasteiger partial charge in [-0.05, 0) is 23.8 Å². The predicted molar refractivity (Wildman–Crippen MR) is 73.1 cm³/mol. The minimum Gasteiger partial charge on any atom is -0.351 e. The van der Waals surface area contributed by atoms with Crippen LogP contribution in [-0.2, 0) is 11.3 Å². The van der Waals surface area contributed by atoms with Crippen molar-refractivity contribution >= 4 is 5.91 Å². The largest absolute Gasteiger partial charge is 0.351 e. The maximum atomic E-state index is 11.6. The van der Waals surface area contributed by atoms with Crippen molar-refractivity contribution in [2.45, 2.75) is 32.7 Å². The normalized spacial score (nSPS) is 16.9. The van der Waals surface area contributed by atoms with Crippen LogP contribution in [0, 0.1) is 5.41 Å². The van der Waals surface area contributed by atoms with Crippen LogP contribution in [0.5, 0.6) is 0 Å². The molecule has 18 heavy (non-hydrogen) atoms. The maximum absolute atomic E-state index is 11.6. The van der Waals surface area contributed by atoms with E-state index in [0.29, 0.717) is 18.5 Å². The molecule has 2 rings (SSSR count). The topological polar surface area (TPSA) is 41.1 Å². The second-order valence-electron chi connectivity index (χ2n) is 5.53. The SMILES string of the molecule is CC1(CNCC(=O)NCc2ccccc2)CCC1. The molecule has 0 unspecified atom stereocenters. The van der Waals surface area contributed by atoms with Crippen molar-refractivity contribution in [1.29, 1.82) is 0 Å². The summed E-state index contributed by atoms with van der Waals surface area (Å²) in [5.41, 5.74) is 1.57. The number of carbonyl (C=O) groups is 1. The number of nitrogens with one attached hydrogen (secondary N) is 2. The van der Waals surface area contributed by atoms with E-state index in [1.54, 1.807) is 0 Å². The molecule has 1 amide bonds. The second kappa shape index (κ2) is 6.01. The summed E-state index contributed by atoms with van der Waals surface area (Å²) in [6, 6.07) is 9.98. The molecule has 1 aliphatic rings.